The molecule has 0 saturated carbocycles. The highest BCUT2D eigenvalue weighted by Crippen LogP contribution is 2.28. The van der Waals surface area contributed by atoms with Gasteiger partial charge in [0.25, 0.3) is 5.91 Å². The van der Waals surface area contributed by atoms with Crippen molar-refractivity contribution >= 4 is 34.8 Å². The van der Waals surface area contributed by atoms with Crippen molar-refractivity contribution < 1.29 is 14.4 Å². The maximum Gasteiger partial charge on any atom is 0.255 e. The second kappa shape index (κ2) is 9.28. The molecule has 1 atom stereocenters. The third-order valence-corrected chi connectivity index (χ3v) is 5.83. The number of nitrogens with one attached hydrogen (secondary N) is 2. The predicted molar refractivity (Wildman–Crippen MR) is 131 cm³/mol. The Labute approximate surface area is 193 Å². The quantitative estimate of drug-likeness (QED) is 0.594. The summed E-state index contributed by atoms with van der Waals surface area (Å²) in [6.45, 7) is 6.18. The van der Waals surface area contributed by atoms with Crippen LogP contribution in [0.25, 0.3) is 0 Å². The molecule has 4 rings (SSSR count). The standard InChI is InChI=1S/C27H27N3O3/c1-17-6-4-8-22(13-17)28-26(32)20-7-5-9-23(14-20)30-16-21(15-25(30)31)27(33)29-24-11-10-18(2)12-19(24)3/h4-14,21H,15-16H2,1-3H3,(H,28,32)(H,29,33). The van der Waals surface area contributed by atoms with Gasteiger partial charge in [0.15, 0.2) is 0 Å². The zero-order valence-corrected chi connectivity index (χ0v) is 19.0. The average Bonchev–Trinajstić information content (AvgIpc) is 3.17. The first-order valence-electron chi connectivity index (χ1n) is 11.0. The summed E-state index contributed by atoms with van der Waals surface area (Å²) in [4.78, 5) is 39.8. The molecule has 0 aliphatic carbocycles. The van der Waals surface area contributed by atoms with Crippen molar-refractivity contribution in [3.05, 3.63) is 89.0 Å². The van der Waals surface area contributed by atoms with Crippen molar-refractivity contribution in [2.75, 3.05) is 22.1 Å². The van der Waals surface area contributed by atoms with Crippen LogP contribution in [-0.2, 0) is 9.59 Å². The van der Waals surface area contributed by atoms with Crippen molar-refractivity contribution in [3.63, 3.8) is 0 Å². The summed E-state index contributed by atoms with van der Waals surface area (Å²) in [5.74, 6) is -1.01. The van der Waals surface area contributed by atoms with Gasteiger partial charge in [-0.1, -0.05) is 35.9 Å². The van der Waals surface area contributed by atoms with E-state index in [4.69, 9.17) is 0 Å². The number of carbonyl (C=O) groups excluding carboxylic acids is 3. The van der Waals surface area contributed by atoms with Gasteiger partial charge < -0.3 is 15.5 Å². The molecule has 1 aliphatic rings. The number of benzene rings is 3. The van der Waals surface area contributed by atoms with Crippen LogP contribution in [0.4, 0.5) is 17.1 Å². The van der Waals surface area contributed by atoms with Crippen LogP contribution in [0.3, 0.4) is 0 Å². The van der Waals surface area contributed by atoms with E-state index in [1.54, 1.807) is 29.2 Å². The van der Waals surface area contributed by atoms with Gasteiger partial charge in [-0.2, -0.15) is 0 Å². The Kier molecular flexibility index (Phi) is 6.27. The molecular formula is C27H27N3O3. The predicted octanol–water partition coefficient (Wildman–Crippen LogP) is 4.86. The van der Waals surface area contributed by atoms with Crippen LogP contribution in [0, 0.1) is 26.7 Å². The van der Waals surface area contributed by atoms with Crippen LogP contribution in [0.15, 0.2) is 66.7 Å². The Balaban J connectivity index is 1.45. The highest BCUT2D eigenvalue weighted by atomic mass is 16.2. The van der Waals surface area contributed by atoms with E-state index in [0.717, 1.165) is 22.4 Å². The highest BCUT2D eigenvalue weighted by molar-refractivity contribution is 6.07. The first-order valence-corrected chi connectivity index (χ1v) is 11.0. The van der Waals surface area contributed by atoms with Gasteiger partial charge in [-0.15, -0.1) is 0 Å². The van der Waals surface area contributed by atoms with Gasteiger partial charge in [0.1, 0.15) is 0 Å². The molecule has 6 nitrogen and oxygen atoms in total. The molecule has 1 unspecified atom stereocenters. The summed E-state index contributed by atoms with van der Waals surface area (Å²) in [7, 11) is 0. The minimum atomic E-state index is -0.456. The number of anilines is 3. The van der Waals surface area contributed by atoms with Gasteiger partial charge in [0, 0.05) is 35.6 Å². The molecule has 3 aromatic carbocycles. The third-order valence-electron chi connectivity index (χ3n) is 5.83. The van der Waals surface area contributed by atoms with Crippen LogP contribution in [0.1, 0.15) is 33.5 Å². The van der Waals surface area contributed by atoms with E-state index >= 15 is 0 Å². The first kappa shape index (κ1) is 22.3. The first-order chi connectivity index (χ1) is 15.8. The number of hydrogen-bond donors (Lipinski definition) is 2. The summed E-state index contributed by atoms with van der Waals surface area (Å²) < 4.78 is 0. The summed E-state index contributed by atoms with van der Waals surface area (Å²) in [5.41, 5.74) is 5.69. The van der Waals surface area contributed by atoms with E-state index in [1.165, 1.54) is 0 Å². The summed E-state index contributed by atoms with van der Waals surface area (Å²) in [6, 6.07) is 20.3. The minimum absolute atomic E-state index is 0.132. The van der Waals surface area contributed by atoms with Gasteiger partial charge in [0.05, 0.1) is 5.92 Å². The van der Waals surface area contributed by atoms with Gasteiger partial charge >= 0.3 is 0 Å². The lowest BCUT2D eigenvalue weighted by molar-refractivity contribution is -0.122. The van der Waals surface area contributed by atoms with Crippen molar-refractivity contribution in [2.45, 2.75) is 27.2 Å². The smallest absolute Gasteiger partial charge is 0.255 e. The van der Waals surface area contributed by atoms with Gasteiger partial charge in [0.2, 0.25) is 11.8 Å². The van der Waals surface area contributed by atoms with E-state index in [2.05, 4.69) is 10.6 Å². The van der Waals surface area contributed by atoms with E-state index in [9.17, 15) is 14.4 Å². The van der Waals surface area contributed by atoms with E-state index in [-0.39, 0.29) is 30.7 Å². The third kappa shape index (κ3) is 5.12. The Morgan fingerprint density at radius 1 is 0.879 bits per heavy atom. The van der Waals surface area contributed by atoms with Gasteiger partial charge in [-0.05, 0) is 68.3 Å². The minimum Gasteiger partial charge on any atom is -0.326 e. The summed E-state index contributed by atoms with van der Waals surface area (Å²) in [5, 5.41) is 5.84. The monoisotopic (exact) mass is 441 g/mol. The molecule has 1 fully saturated rings. The van der Waals surface area contributed by atoms with Crippen molar-refractivity contribution in [1.29, 1.82) is 0 Å². The summed E-state index contributed by atoms with van der Waals surface area (Å²) >= 11 is 0. The molecule has 1 aliphatic heterocycles. The zero-order valence-electron chi connectivity index (χ0n) is 19.0. The number of amides is 3. The normalized spacial score (nSPS) is 15.4. The molecule has 2 N–H and O–H groups in total. The summed E-state index contributed by atoms with van der Waals surface area (Å²) in [6.07, 6.45) is 0.135. The number of nitrogens with zero attached hydrogens (tertiary/aromatic N) is 1. The van der Waals surface area contributed by atoms with Gasteiger partial charge in [-0.3, -0.25) is 14.4 Å². The largest absolute Gasteiger partial charge is 0.326 e. The molecule has 0 radical (unpaired) electrons. The van der Waals surface area contributed by atoms with Crippen molar-refractivity contribution in [3.8, 4) is 0 Å². The number of aryl methyl sites for hydroxylation is 3. The Morgan fingerprint density at radius 2 is 1.64 bits per heavy atom. The van der Waals surface area contributed by atoms with Crippen LogP contribution in [0.2, 0.25) is 0 Å². The lowest BCUT2D eigenvalue weighted by Crippen LogP contribution is -2.28. The molecule has 0 aromatic heterocycles. The lowest BCUT2D eigenvalue weighted by Gasteiger charge is -2.18. The van der Waals surface area contributed by atoms with Crippen LogP contribution in [0.5, 0.6) is 0 Å². The number of rotatable bonds is 5. The molecule has 1 saturated heterocycles. The molecular weight excluding hydrogens is 414 g/mol. The fourth-order valence-corrected chi connectivity index (χ4v) is 4.06. The molecule has 1 heterocycles. The molecule has 6 heteroatoms. The Morgan fingerprint density at radius 3 is 2.39 bits per heavy atom. The van der Waals surface area contributed by atoms with Crippen LogP contribution < -0.4 is 15.5 Å². The van der Waals surface area contributed by atoms with Gasteiger partial charge in [-0.25, -0.2) is 0 Å². The highest BCUT2D eigenvalue weighted by Gasteiger charge is 2.35. The molecule has 3 aromatic rings. The maximum absolute atomic E-state index is 12.8. The SMILES string of the molecule is Cc1cccc(NC(=O)c2cccc(N3CC(C(=O)Nc4ccc(C)cc4C)CC3=O)c2)c1. The van der Waals surface area contributed by atoms with Crippen LogP contribution in [-0.4, -0.2) is 24.3 Å². The Bertz CT molecular complexity index is 1230. The average molecular weight is 442 g/mol. The topological polar surface area (TPSA) is 78.5 Å². The van der Waals surface area contributed by atoms with E-state index in [1.807, 2.05) is 63.2 Å². The fourth-order valence-electron chi connectivity index (χ4n) is 4.06. The second-order valence-corrected chi connectivity index (χ2v) is 8.59. The molecule has 33 heavy (non-hydrogen) atoms. The number of carbonyl (C=O) groups is 3. The van der Waals surface area contributed by atoms with Crippen molar-refractivity contribution in [2.24, 2.45) is 5.92 Å². The van der Waals surface area contributed by atoms with Crippen molar-refractivity contribution in [1.82, 2.24) is 0 Å². The van der Waals surface area contributed by atoms with E-state index in [0.29, 0.717) is 16.9 Å². The fraction of sp³-hybridized carbons (Fsp3) is 0.222. The maximum atomic E-state index is 12.8. The zero-order chi connectivity index (χ0) is 23.5. The Hall–Kier alpha value is -3.93. The number of hydrogen-bond acceptors (Lipinski definition) is 3. The molecule has 0 spiro atoms. The van der Waals surface area contributed by atoms with E-state index < -0.39 is 5.92 Å². The molecule has 3 amide bonds. The second-order valence-electron chi connectivity index (χ2n) is 8.59. The molecule has 168 valence electrons. The van der Waals surface area contributed by atoms with Crippen LogP contribution >= 0.6 is 0 Å². The molecule has 0 bridgehead atoms. The lowest BCUT2D eigenvalue weighted by atomic mass is 10.1.